The van der Waals surface area contributed by atoms with Gasteiger partial charge in [-0.1, -0.05) is 11.6 Å². The van der Waals surface area contributed by atoms with Crippen molar-refractivity contribution in [2.24, 2.45) is 0 Å². The van der Waals surface area contributed by atoms with Gasteiger partial charge < -0.3 is 4.74 Å². The van der Waals surface area contributed by atoms with Gasteiger partial charge in [0, 0.05) is 10.6 Å². The van der Waals surface area contributed by atoms with E-state index in [0.717, 1.165) is 0 Å². The molecular formula is C9H10ClFO. The molecule has 0 fully saturated rings. The van der Waals surface area contributed by atoms with Crippen molar-refractivity contribution in [3.05, 3.63) is 28.5 Å². The standard InChI is InChI=1S/C9H10ClFO/c1-3-12-8-5-4-7(10)6(2)9(8)11/h4-5H,3H2,1-2H3. The third kappa shape index (κ3) is 1.69. The van der Waals surface area contributed by atoms with E-state index in [1.165, 1.54) is 6.07 Å². The summed E-state index contributed by atoms with van der Waals surface area (Å²) in [5, 5.41) is 0.427. The van der Waals surface area contributed by atoms with Gasteiger partial charge in [-0.3, -0.25) is 0 Å². The summed E-state index contributed by atoms with van der Waals surface area (Å²) >= 11 is 5.69. The van der Waals surface area contributed by atoms with Crippen LogP contribution in [-0.2, 0) is 0 Å². The maximum atomic E-state index is 13.2. The Kier molecular flexibility index (Phi) is 2.93. The molecule has 12 heavy (non-hydrogen) atoms. The second-order valence-corrected chi connectivity index (χ2v) is 2.82. The minimum Gasteiger partial charge on any atom is -0.491 e. The minimum atomic E-state index is -0.371. The Morgan fingerprint density at radius 1 is 1.50 bits per heavy atom. The van der Waals surface area contributed by atoms with E-state index in [1.54, 1.807) is 13.0 Å². The van der Waals surface area contributed by atoms with Crippen LogP contribution in [0.4, 0.5) is 4.39 Å². The van der Waals surface area contributed by atoms with Crippen LogP contribution in [0.15, 0.2) is 12.1 Å². The molecule has 0 spiro atoms. The van der Waals surface area contributed by atoms with Gasteiger partial charge >= 0.3 is 0 Å². The summed E-state index contributed by atoms with van der Waals surface area (Å²) < 4.78 is 18.3. The molecule has 0 bridgehead atoms. The Morgan fingerprint density at radius 2 is 2.17 bits per heavy atom. The maximum Gasteiger partial charge on any atom is 0.169 e. The molecule has 1 aromatic rings. The first-order valence-corrected chi connectivity index (χ1v) is 4.12. The first-order chi connectivity index (χ1) is 5.66. The van der Waals surface area contributed by atoms with Crippen LogP contribution >= 0.6 is 11.6 Å². The van der Waals surface area contributed by atoms with E-state index in [0.29, 0.717) is 17.2 Å². The predicted molar refractivity (Wildman–Crippen MR) is 47.3 cm³/mol. The molecule has 0 heterocycles. The van der Waals surface area contributed by atoms with E-state index in [2.05, 4.69) is 0 Å². The van der Waals surface area contributed by atoms with Crippen molar-refractivity contribution in [1.82, 2.24) is 0 Å². The topological polar surface area (TPSA) is 9.23 Å². The average molecular weight is 189 g/mol. The van der Waals surface area contributed by atoms with Crippen molar-refractivity contribution in [1.29, 1.82) is 0 Å². The molecule has 3 heteroatoms. The van der Waals surface area contributed by atoms with Gasteiger partial charge in [0.1, 0.15) is 0 Å². The number of benzene rings is 1. The highest BCUT2D eigenvalue weighted by Crippen LogP contribution is 2.26. The monoisotopic (exact) mass is 188 g/mol. The molecule has 0 aliphatic carbocycles. The summed E-state index contributed by atoms with van der Waals surface area (Å²) in [6.45, 7) is 3.89. The zero-order valence-corrected chi connectivity index (χ0v) is 7.78. The molecule has 0 N–H and O–H groups in total. The number of halogens is 2. The number of hydrogen-bond acceptors (Lipinski definition) is 1. The molecule has 1 nitrogen and oxygen atoms in total. The van der Waals surface area contributed by atoms with Gasteiger partial charge in [0.2, 0.25) is 0 Å². The number of ether oxygens (including phenoxy) is 1. The summed E-state index contributed by atoms with van der Waals surface area (Å²) in [6, 6.07) is 3.17. The van der Waals surface area contributed by atoms with Gasteiger partial charge in [-0.05, 0) is 26.0 Å². The Bertz CT molecular complexity index is 286. The van der Waals surface area contributed by atoms with Crippen LogP contribution in [0.1, 0.15) is 12.5 Å². The highest BCUT2D eigenvalue weighted by molar-refractivity contribution is 6.31. The van der Waals surface area contributed by atoms with Crippen LogP contribution in [0.25, 0.3) is 0 Å². The first kappa shape index (κ1) is 9.33. The lowest BCUT2D eigenvalue weighted by Crippen LogP contribution is -1.96. The zero-order valence-electron chi connectivity index (χ0n) is 7.03. The van der Waals surface area contributed by atoms with Crippen LogP contribution in [-0.4, -0.2) is 6.61 Å². The molecule has 1 rings (SSSR count). The smallest absolute Gasteiger partial charge is 0.169 e. The van der Waals surface area contributed by atoms with Crippen molar-refractivity contribution in [2.75, 3.05) is 6.61 Å². The fraction of sp³-hybridized carbons (Fsp3) is 0.333. The Balaban J connectivity index is 3.08. The van der Waals surface area contributed by atoms with Crippen LogP contribution < -0.4 is 4.74 Å². The molecule has 0 saturated carbocycles. The molecule has 0 aliphatic rings. The third-order valence-electron chi connectivity index (χ3n) is 1.58. The molecule has 66 valence electrons. The van der Waals surface area contributed by atoms with Gasteiger partial charge in [-0.15, -0.1) is 0 Å². The summed E-state index contributed by atoms with van der Waals surface area (Å²) in [4.78, 5) is 0. The number of hydrogen-bond donors (Lipinski definition) is 0. The quantitative estimate of drug-likeness (QED) is 0.693. The first-order valence-electron chi connectivity index (χ1n) is 3.74. The van der Waals surface area contributed by atoms with Gasteiger partial charge in [-0.25, -0.2) is 4.39 Å². The van der Waals surface area contributed by atoms with Gasteiger partial charge in [0.15, 0.2) is 11.6 Å². The van der Waals surface area contributed by atoms with E-state index in [9.17, 15) is 4.39 Å². The largest absolute Gasteiger partial charge is 0.491 e. The fourth-order valence-corrected chi connectivity index (χ4v) is 1.05. The van der Waals surface area contributed by atoms with E-state index in [4.69, 9.17) is 16.3 Å². The molecule has 0 amide bonds. The molecular weight excluding hydrogens is 179 g/mol. The summed E-state index contributed by atoms with van der Waals surface area (Å²) in [6.07, 6.45) is 0. The molecule has 0 radical (unpaired) electrons. The van der Waals surface area contributed by atoms with Crippen molar-refractivity contribution >= 4 is 11.6 Å². The van der Waals surface area contributed by atoms with E-state index < -0.39 is 0 Å². The summed E-state index contributed by atoms with van der Waals surface area (Å²) in [5.41, 5.74) is 0.433. The van der Waals surface area contributed by atoms with Crippen molar-refractivity contribution in [3.8, 4) is 5.75 Å². The molecule has 0 unspecified atom stereocenters. The third-order valence-corrected chi connectivity index (χ3v) is 1.99. The Hall–Kier alpha value is -0.760. The second-order valence-electron chi connectivity index (χ2n) is 2.42. The van der Waals surface area contributed by atoms with Crippen molar-refractivity contribution in [3.63, 3.8) is 0 Å². The van der Waals surface area contributed by atoms with E-state index >= 15 is 0 Å². The molecule has 0 aromatic heterocycles. The van der Waals surface area contributed by atoms with Crippen LogP contribution in [0.3, 0.4) is 0 Å². The average Bonchev–Trinajstić information content (AvgIpc) is 2.07. The Labute approximate surface area is 76.1 Å². The van der Waals surface area contributed by atoms with Crippen LogP contribution in [0, 0.1) is 12.7 Å². The van der Waals surface area contributed by atoms with Gasteiger partial charge in [0.05, 0.1) is 6.61 Å². The zero-order chi connectivity index (χ0) is 9.14. The van der Waals surface area contributed by atoms with Crippen molar-refractivity contribution < 1.29 is 9.13 Å². The molecule has 0 saturated heterocycles. The maximum absolute atomic E-state index is 13.2. The summed E-state index contributed by atoms with van der Waals surface area (Å²) in [7, 11) is 0. The lowest BCUT2D eigenvalue weighted by Gasteiger charge is -2.06. The van der Waals surface area contributed by atoms with Crippen LogP contribution in [0.5, 0.6) is 5.75 Å². The lowest BCUT2D eigenvalue weighted by atomic mass is 10.2. The number of rotatable bonds is 2. The fourth-order valence-electron chi connectivity index (χ4n) is 0.904. The van der Waals surface area contributed by atoms with Gasteiger partial charge in [-0.2, -0.15) is 0 Å². The minimum absolute atomic E-state index is 0.263. The molecule has 0 atom stereocenters. The molecule has 1 aromatic carbocycles. The molecule has 0 aliphatic heterocycles. The van der Waals surface area contributed by atoms with E-state index in [1.807, 2.05) is 6.92 Å². The highest BCUT2D eigenvalue weighted by atomic mass is 35.5. The highest BCUT2D eigenvalue weighted by Gasteiger charge is 2.08. The normalized spacial score (nSPS) is 10.0. The van der Waals surface area contributed by atoms with Gasteiger partial charge in [0.25, 0.3) is 0 Å². The van der Waals surface area contributed by atoms with Crippen LogP contribution in [0.2, 0.25) is 5.02 Å². The summed E-state index contributed by atoms with van der Waals surface area (Å²) in [5.74, 6) is -0.108. The SMILES string of the molecule is CCOc1ccc(Cl)c(C)c1F. The Morgan fingerprint density at radius 3 is 2.75 bits per heavy atom. The predicted octanol–water partition coefficient (Wildman–Crippen LogP) is 3.19. The lowest BCUT2D eigenvalue weighted by molar-refractivity contribution is 0.321. The second kappa shape index (κ2) is 3.76. The van der Waals surface area contributed by atoms with E-state index in [-0.39, 0.29) is 11.6 Å². The van der Waals surface area contributed by atoms with Crippen molar-refractivity contribution in [2.45, 2.75) is 13.8 Å².